The smallest absolute Gasteiger partial charge is 0.252 e. The first kappa shape index (κ1) is 21.5. The van der Waals surface area contributed by atoms with Crippen LogP contribution in [0.3, 0.4) is 0 Å². The Bertz CT molecular complexity index is 1300. The number of hydrogen-bond donors (Lipinski definition) is 1. The van der Waals surface area contributed by atoms with Gasteiger partial charge in [0.1, 0.15) is 5.75 Å². The number of nitrogens with zero attached hydrogens (tertiary/aromatic N) is 5. The van der Waals surface area contributed by atoms with Crippen LogP contribution >= 0.6 is 0 Å². The number of aromatic nitrogens is 5. The van der Waals surface area contributed by atoms with Crippen molar-refractivity contribution in [1.29, 1.82) is 0 Å². The van der Waals surface area contributed by atoms with Crippen LogP contribution in [-0.2, 0) is 13.6 Å². The number of nitrogens with one attached hydrogen (secondary N) is 1. The van der Waals surface area contributed by atoms with Gasteiger partial charge in [-0.15, -0.1) is 0 Å². The van der Waals surface area contributed by atoms with Crippen LogP contribution in [0.1, 0.15) is 47.2 Å². The summed E-state index contributed by atoms with van der Waals surface area (Å²) in [5, 5.41) is 12.9. The lowest BCUT2D eigenvalue weighted by Gasteiger charge is -2.15. The van der Waals surface area contributed by atoms with Crippen molar-refractivity contribution in [3.8, 4) is 17.0 Å². The third kappa shape index (κ3) is 3.84. The Morgan fingerprint density at radius 1 is 1.19 bits per heavy atom. The molecule has 0 aliphatic heterocycles. The summed E-state index contributed by atoms with van der Waals surface area (Å²) in [7, 11) is 3.47. The van der Waals surface area contributed by atoms with Gasteiger partial charge < -0.3 is 10.1 Å². The third-order valence-electron chi connectivity index (χ3n) is 5.70. The van der Waals surface area contributed by atoms with Gasteiger partial charge in [-0.2, -0.15) is 10.2 Å². The maximum Gasteiger partial charge on any atom is 0.252 e. The first-order valence-corrected chi connectivity index (χ1v) is 10.7. The largest absolute Gasteiger partial charge is 0.497 e. The molecule has 0 radical (unpaired) electrons. The number of fused-ring (bicyclic) bond motifs is 1. The van der Waals surface area contributed by atoms with Crippen LogP contribution in [-0.4, -0.2) is 37.6 Å². The summed E-state index contributed by atoms with van der Waals surface area (Å²) in [4.78, 5) is 18.3. The standard InChI is InChI=1S/C24H28N6O2/c1-7-30-13-20(15(3)28-30)14(2)25-24(31)19-12-21(17-9-8-10-18(11-17)32-6)26-23-22(19)16(4)27-29(23)5/h8-14H,7H2,1-6H3,(H,25,31). The first-order chi connectivity index (χ1) is 15.3. The lowest BCUT2D eigenvalue weighted by molar-refractivity contribution is 0.0941. The summed E-state index contributed by atoms with van der Waals surface area (Å²) in [5.74, 6) is 0.558. The molecule has 1 atom stereocenters. The molecular weight excluding hydrogens is 404 g/mol. The molecule has 1 N–H and O–H groups in total. The highest BCUT2D eigenvalue weighted by atomic mass is 16.5. The predicted molar refractivity (Wildman–Crippen MR) is 124 cm³/mol. The van der Waals surface area contributed by atoms with Crippen LogP contribution in [0, 0.1) is 13.8 Å². The number of benzene rings is 1. The number of hydrogen-bond acceptors (Lipinski definition) is 5. The van der Waals surface area contributed by atoms with E-state index in [1.165, 1.54) is 0 Å². The van der Waals surface area contributed by atoms with Crippen LogP contribution in [0.15, 0.2) is 36.5 Å². The van der Waals surface area contributed by atoms with E-state index in [2.05, 4.69) is 15.5 Å². The van der Waals surface area contributed by atoms with Gasteiger partial charge in [0, 0.05) is 30.9 Å². The van der Waals surface area contributed by atoms with E-state index in [4.69, 9.17) is 9.72 Å². The lowest BCUT2D eigenvalue weighted by atomic mass is 10.0. The van der Waals surface area contributed by atoms with Gasteiger partial charge in [-0.3, -0.25) is 14.2 Å². The molecule has 3 aromatic heterocycles. The van der Waals surface area contributed by atoms with E-state index in [9.17, 15) is 4.79 Å². The lowest BCUT2D eigenvalue weighted by Crippen LogP contribution is -2.27. The second-order valence-electron chi connectivity index (χ2n) is 7.92. The molecule has 32 heavy (non-hydrogen) atoms. The second-order valence-corrected chi connectivity index (χ2v) is 7.92. The SMILES string of the molecule is CCn1cc(C(C)NC(=O)c2cc(-c3cccc(OC)c3)nc3c2c(C)nn3C)c(C)n1. The van der Waals surface area contributed by atoms with Crippen LogP contribution in [0.5, 0.6) is 5.75 Å². The van der Waals surface area contributed by atoms with Crippen molar-refractivity contribution < 1.29 is 9.53 Å². The number of methoxy groups -OCH3 is 1. The molecule has 166 valence electrons. The summed E-state index contributed by atoms with van der Waals surface area (Å²) in [6, 6.07) is 9.28. The van der Waals surface area contributed by atoms with Crippen LogP contribution < -0.4 is 10.1 Å². The summed E-state index contributed by atoms with van der Waals surface area (Å²) in [5.41, 5.74) is 5.44. The molecule has 0 spiro atoms. The van der Waals surface area contributed by atoms with Crippen molar-refractivity contribution in [3.05, 3.63) is 59.0 Å². The molecule has 0 saturated carbocycles. The molecule has 0 saturated heterocycles. The summed E-state index contributed by atoms with van der Waals surface area (Å²) < 4.78 is 8.95. The van der Waals surface area contributed by atoms with E-state index in [0.29, 0.717) is 16.9 Å². The number of amides is 1. The molecule has 0 aliphatic rings. The Kier molecular flexibility index (Phi) is 5.69. The van der Waals surface area contributed by atoms with E-state index in [-0.39, 0.29) is 11.9 Å². The van der Waals surface area contributed by atoms with E-state index in [1.54, 1.807) is 11.8 Å². The number of carbonyl (C=O) groups excluding carboxylic acids is 1. The highest BCUT2D eigenvalue weighted by molar-refractivity contribution is 6.07. The number of ether oxygens (including phenoxy) is 1. The minimum absolute atomic E-state index is 0.172. The number of rotatable bonds is 6. The molecule has 8 heteroatoms. The molecule has 0 bridgehead atoms. The fourth-order valence-corrected chi connectivity index (χ4v) is 4.03. The molecule has 1 aromatic carbocycles. The molecule has 4 rings (SSSR count). The summed E-state index contributed by atoms with van der Waals surface area (Å²) >= 11 is 0. The van der Waals surface area contributed by atoms with Crippen molar-refractivity contribution in [2.24, 2.45) is 7.05 Å². The molecule has 1 amide bonds. The quantitative estimate of drug-likeness (QED) is 0.498. The van der Waals surface area contributed by atoms with Gasteiger partial charge in [0.15, 0.2) is 5.65 Å². The molecule has 1 unspecified atom stereocenters. The van der Waals surface area contributed by atoms with Crippen molar-refractivity contribution >= 4 is 16.9 Å². The molecule has 0 aliphatic carbocycles. The van der Waals surface area contributed by atoms with Gasteiger partial charge in [0.2, 0.25) is 0 Å². The number of pyridine rings is 1. The Labute approximate surface area is 187 Å². The first-order valence-electron chi connectivity index (χ1n) is 10.7. The van der Waals surface area contributed by atoms with E-state index in [0.717, 1.165) is 40.2 Å². The monoisotopic (exact) mass is 432 g/mol. The topological polar surface area (TPSA) is 86.9 Å². The molecular formula is C24H28N6O2. The zero-order valence-corrected chi connectivity index (χ0v) is 19.3. The van der Waals surface area contributed by atoms with Crippen LogP contribution in [0.2, 0.25) is 0 Å². The Morgan fingerprint density at radius 2 is 1.97 bits per heavy atom. The average Bonchev–Trinajstić information content (AvgIpc) is 3.31. The zero-order valence-electron chi connectivity index (χ0n) is 19.3. The van der Waals surface area contributed by atoms with E-state index >= 15 is 0 Å². The molecule has 8 nitrogen and oxygen atoms in total. The van der Waals surface area contributed by atoms with Gasteiger partial charge in [-0.25, -0.2) is 4.98 Å². The van der Waals surface area contributed by atoms with Crippen molar-refractivity contribution in [1.82, 2.24) is 29.9 Å². The molecule has 0 fully saturated rings. The van der Waals surface area contributed by atoms with Gasteiger partial charge in [-0.1, -0.05) is 12.1 Å². The van der Waals surface area contributed by atoms with Crippen LogP contribution in [0.25, 0.3) is 22.3 Å². The summed E-state index contributed by atoms with van der Waals surface area (Å²) in [6.07, 6.45) is 1.99. The van der Waals surface area contributed by atoms with Crippen molar-refractivity contribution in [2.75, 3.05) is 7.11 Å². The fraction of sp³-hybridized carbons (Fsp3) is 0.333. The average molecular weight is 433 g/mol. The Balaban J connectivity index is 1.78. The van der Waals surface area contributed by atoms with E-state index < -0.39 is 0 Å². The molecule has 3 heterocycles. The minimum atomic E-state index is -0.191. The predicted octanol–water partition coefficient (Wildman–Crippen LogP) is 3.97. The van der Waals surface area contributed by atoms with Crippen molar-refractivity contribution in [3.63, 3.8) is 0 Å². The normalized spacial score (nSPS) is 12.2. The maximum absolute atomic E-state index is 13.5. The number of aryl methyl sites for hydroxylation is 4. The van der Waals surface area contributed by atoms with Gasteiger partial charge in [-0.05, 0) is 45.9 Å². The van der Waals surface area contributed by atoms with Crippen molar-refractivity contribution in [2.45, 2.75) is 40.3 Å². The molecule has 4 aromatic rings. The minimum Gasteiger partial charge on any atom is -0.497 e. The number of carbonyl (C=O) groups is 1. The van der Waals surface area contributed by atoms with Gasteiger partial charge in [0.05, 0.1) is 41.2 Å². The highest BCUT2D eigenvalue weighted by Gasteiger charge is 2.22. The van der Waals surface area contributed by atoms with E-state index in [1.807, 2.05) is 76.0 Å². The maximum atomic E-state index is 13.5. The highest BCUT2D eigenvalue weighted by Crippen LogP contribution is 2.29. The Morgan fingerprint density at radius 3 is 2.66 bits per heavy atom. The second kappa shape index (κ2) is 8.45. The van der Waals surface area contributed by atoms with Gasteiger partial charge >= 0.3 is 0 Å². The van der Waals surface area contributed by atoms with Crippen LogP contribution in [0.4, 0.5) is 0 Å². The fourth-order valence-electron chi connectivity index (χ4n) is 4.03. The Hall–Kier alpha value is -3.68. The zero-order chi connectivity index (χ0) is 23.0. The third-order valence-corrected chi connectivity index (χ3v) is 5.70. The summed E-state index contributed by atoms with van der Waals surface area (Å²) in [6.45, 7) is 8.65. The van der Waals surface area contributed by atoms with Gasteiger partial charge in [0.25, 0.3) is 5.91 Å².